The van der Waals surface area contributed by atoms with E-state index in [2.05, 4.69) is 4.99 Å². The normalized spacial score (nSPS) is 11.8. The first-order valence-electron chi connectivity index (χ1n) is 7.90. The molecule has 0 aliphatic carbocycles. The van der Waals surface area contributed by atoms with E-state index in [1.165, 1.54) is 18.2 Å². The fourth-order valence-corrected chi connectivity index (χ4v) is 5.97. The van der Waals surface area contributed by atoms with E-state index in [0.717, 1.165) is 18.4 Å². The Hall–Kier alpha value is -2.43. The summed E-state index contributed by atoms with van der Waals surface area (Å²) in [6.45, 7) is 1.67. The number of carbonyl (C=O) groups excluding carboxylic acids is 1. The lowest BCUT2D eigenvalue weighted by Crippen LogP contribution is -2.24. The fraction of sp³-hybridized carbons (Fsp3) is 0.176. The second-order valence-electron chi connectivity index (χ2n) is 5.86. The highest BCUT2D eigenvalue weighted by molar-refractivity contribution is 7.94. The van der Waals surface area contributed by atoms with Crippen molar-refractivity contribution in [2.45, 2.75) is 28.0 Å². The lowest BCUT2D eigenvalue weighted by atomic mass is 10.0. The first-order chi connectivity index (χ1) is 12.9. The lowest BCUT2D eigenvalue weighted by molar-refractivity contribution is 0.100. The van der Waals surface area contributed by atoms with Gasteiger partial charge in [-0.3, -0.25) is 4.79 Å². The van der Waals surface area contributed by atoms with Crippen LogP contribution in [0.1, 0.15) is 22.8 Å². The summed E-state index contributed by atoms with van der Waals surface area (Å²) in [5, 5.41) is -0.0549. The summed E-state index contributed by atoms with van der Waals surface area (Å²) in [6.07, 6.45) is 1.07. The van der Waals surface area contributed by atoms with Crippen LogP contribution in [-0.2, 0) is 26.1 Å². The van der Waals surface area contributed by atoms with Crippen LogP contribution in [0.2, 0.25) is 5.02 Å². The van der Waals surface area contributed by atoms with Crippen LogP contribution >= 0.6 is 11.6 Å². The van der Waals surface area contributed by atoms with Gasteiger partial charge in [-0.05, 0) is 36.2 Å². The molecule has 8 nitrogen and oxygen atoms in total. The number of rotatable bonds is 5. The number of hydrogen-bond donors (Lipinski definition) is 2. The number of carbonyl (C=O) groups is 1. The van der Waals surface area contributed by atoms with Crippen molar-refractivity contribution in [1.82, 2.24) is 0 Å². The molecule has 0 bridgehead atoms. The van der Waals surface area contributed by atoms with Crippen LogP contribution in [0.4, 0.5) is 0 Å². The van der Waals surface area contributed by atoms with Crippen molar-refractivity contribution < 1.29 is 21.6 Å². The number of aliphatic imine (C=N–C) groups is 1. The molecule has 150 valence electrons. The Kier molecular flexibility index (Phi) is 6.17. The molecule has 0 aliphatic heterocycles. The average molecular weight is 444 g/mol. The summed E-state index contributed by atoms with van der Waals surface area (Å²) in [5.41, 5.74) is 10.6. The van der Waals surface area contributed by atoms with E-state index in [0.29, 0.717) is 0 Å². The van der Waals surface area contributed by atoms with Gasteiger partial charge < -0.3 is 11.5 Å². The number of halogens is 1. The summed E-state index contributed by atoms with van der Waals surface area (Å²) in [4.78, 5) is 14.4. The first kappa shape index (κ1) is 21.9. The van der Waals surface area contributed by atoms with Gasteiger partial charge in [0, 0.05) is 11.8 Å². The van der Waals surface area contributed by atoms with Crippen molar-refractivity contribution in [2.75, 3.05) is 6.26 Å². The molecule has 0 fully saturated rings. The Labute approximate surface area is 168 Å². The maximum absolute atomic E-state index is 13.1. The van der Waals surface area contributed by atoms with E-state index in [-0.39, 0.29) is 27.5 Å². The minimum absolute atomic E-state index is 0.0549. The second kappa shape index (κ2) is 7.90. The molecule has 0 atom stereocenters. The minimum atomic E-state index is -4.29. The molecule has 2 aromatic carbocycles. The van der Waals surface area contributed by atoms with Crippen LogP contribution in [0, 0.1) is 0 Å². The third-order valence-electron chi connectivity index (χ3n) is 3.83. The Balaban J connectivity index is 2.91. The largest absolute Gasteiger partial charge is 0.370 e. The monoisotopic (exact) mass is 443 g/mol. The molecule has 0 spiro atoms. The first-order valence-corrected chi connectivity index (χ1v) is 11.7. The maximum atomic E-state index is 13.1. The molecule has 0 aliphatic rings. The Morgan fingerprint density at radius 3 is 2.14 bits per heavy atom. The van der Waals surface area contributed by atoms with E-state index in [1.54, 1.807) is 13.0 Å². The van der Waals surface area contributed by atoms with Crippen LogP contribution in [0.15, 0.2) is 56.1 Å². The molecule has 28 heavy (non-hydrogen) atoms. The molecule has 0 radical (unpaired) electrons. The van der Waals surface area contributed by atoms with Crippen molar-refractivity contribution in [2.24, 2.45) is 16.5 Å². The number of nitrogens with zero attached hydrogens (tertiary/aromatic N) is 1. The number of nitrogens with two attached hydrogens (primary N) is 2. The van der Waals surface area contributed by atoms with E-state index in [9.17, 15) is 21.6 Å². The van der Waals surface area contributed by atoms with Crippen molar-refractivity contribution >= 4 is 43.1 Å². The van der Waals surface area contributed by atoms with Crippen molar-refractivity contribution in [3.05, 3.63) is 52.5 Å². The van der Waals surface area contributed by atoms with Gasteiger partial charge in [0.1, 0.15) is 0 Å². The SMILES string of the molecule is CCc1cc(S(=O)(=O)c2ccccc2Cl)c(S(C)(=O)=O)cc1C(=O)N=C(N)N. The van der Waals surface area contributed by atoms with Crippen molar-refractivity contribution in [3.63, 3.8) is 0 Å². The third kappa shape index (κ3) is 4.34. The number of benzene rings is 2. The molecule has 11 heteroatoms. The van der Waals surface area contributed by atoms with Gasteiger partial charge in [-0.25, -0.2) is 16.8 Å². The quantitative estimate of drug-likeness (QED) is 0.525. The number of sulfone groups is 2. The molecule has 0 heterocycles. The molecule has 0 saturated heterocycles. The minimum Gasteiger partial charge on any atom is -0.370 e. The van der Waals surface area contributed by atoms with E-state index in [4.69, 9.17) is 23.1 Å². The van der Waals surface area contributed by atoms with Gasteiger partial charge in [0.15, 0.2) is 15.8 Å². The van der Waals surface area contributed by atoms with Gasteiger partial charge in [0.2, 0.25) is 9.84 Å². The zero-order valence-corrected chi connectivity index (χ0v) is 17.4. The van der Waals surface area contributed by atoms with Gasteiger partial charge in [0.05, 0.1) is 19.7 Å². The predicted molar refractivity (Wildman–Crippen MR) is 106 cm³/mol. The third-order valence-corrected chi connectivity index (χ3v) is 7.39. The zero-order valence-electron chi connectivity index (χ0n) is 15.0. The zero-order chi connectivity index (χ0) is 21.3. The summed E-state index contributed by atoms with van der Waals surface area (Å²) in [7, 11) is -8.32. The smallest absolute Gasteiger partial charge is 0.280 e. The average Bonchev–Trinajstić information content (AvgIpc) is 2.59. The van der Waals surface area contributed by atoms with Gasteiger partial charge in [0.25, 0.3) is 5.91 Å². The highest BCUT2D eigenvalue weighted by Crippen LogP contribution is 2.33. The summed E-state index contributed by atoms with van der Waals surface area (Å²) in [6, 6.07) is 7.79. The predicted octanol–water partition coefficient (Wildman–Crippen LogP) is 1.55. The number of guanidine groups is 1. The highest BCUT2D eigenvalue weighted by Gasteiger charge is 2.30. The van der Waals surface area contributed by atoms with E-state index < -0.39 is 41.3 Å². The molecule has 2 aromatic rings. The van der Waals surface area contributed by atoms with Crippen LogP contribution in [0.25, 0.3) is 0 Å². The van der Waals surface area contributed by atoms with E-state index in [1.807, 2.05) is 0 Å². The highest BCUT2D eigenvalue weighted by atomic mass is 35.5. The molecule has 0 saturated carbocycles. The number of aryl methyl sites for hydroxylation is 1. The van der Waals surface area contributed by atoms with Crippen molar-refractivity contribution in [1.29, 1.82) is 0 Å². The molecule has 1 amide bonds. The van der Waals surface area contributed by atoms with Crippen LogP contribution < -0.4 is 11.5 Å². The molecule has 4 N–H and O–H groups in total. The number of hydrogen-bond acceptors (Lipinski definition) is 5. The van der Waals surface area contributed by atoms with Crippen LogP contribution in [0.3, 0.4) is 0 Å². The second-order valence-corrected chi connectivity index (χ2v) is 10.1. The molecule has 0 aromatic heterocycles. The number of amides is 1. The van der Waals surface area contributed by atoms with E-state index >= 15 is 0 Å². The molecular weight excluding hydrogens is 426 g/mol. The fourth-order valence-electron chi connectivity index (χ4n) is 2.55. The summed E-state index contributed by atoms with van der Waals surface area (Å²) < 4.78 is 50.9. The van der Waals surface area contributed by atoms with Gasteiger partial charge in [-0.15, -0.1) is 0 Å². The molecular formula is C17H18ClN3O5S2. The van der Waals surface area contributed by atoms with Crippen molar-refractivity contribution in [3.8, 4) is 0 Å². The van der Waals surface area contributed by atoms with Gasteiger partial charge in [-0.2, -0.15) is 4.99 Å². The maximum Gasteiger partial charge on any atom is 0.280 e. The Morgan fingerprint density at radius 1 is 1.04 bits per heavy atom. The molecule has 0 unspecified atom stereocenters. The molecule has 2 rings (SSSR count). The van der Waals surface area contributed by atoms with Crippen LogP contribution in [-0.4, -0.2) is 35.0 Å². The topological polar surface area (TPSA) is 150 Å². The summed E-state index contributed by atoms with van der Waals surface area (Å²) >= 11 is 6.01. The summed E-state index contributed by atoms with van der Waals surface area (Å²) in [5.74, 6) is -1.37. The Bertz CT molecular complexity index is 1190. The Morgan fingerprint density at radius 2 is 1.64 bits per heavy atom. The van der Waals surface area contributed by atoms with Gasteiger partial charge in [-0.1, -0.05) is 30.7 Å². The lowest BCUT2D eigenvalue weighted by Gasteiger charge is -2.14. The standard InChI is InChI=1S/C17H18ClN3O5S2/c1-3-10-8-15(28(25,26)13-7-5-4-6-12(13)18)14(27(2,23)24)9-11(10)16(22)21-17(19)20/h4-9H,3H2,1-2H3,(H4,19,20,21,22). The van der Waals surface area contributed by atoms with Gasteiger partial charge >= 0.3 is 0 Å². The van der Waals surface area contributed by atoms with Crippen LogP contribution in [0.5, 0.6) is 0 Å².